The molecule has 1 rings (SSSR count). The Morgan fingerprint density at radius 2 is 2.22 bits per heavy atom. The third-order valence-electron chi connectivity index (χ3n) is 2.36. The number of hydrogen-bond donors (Lipinski definition) is 1. The first kappa shape index (κ1) is 7.03. The second-order valence-electron chi connectivity index (χ2n) is 3.03. The lowest BCUT2D eigenvalue weighted by Gasteiger charge is -2.34. The van der Waals surface area contributed by atoms with Crippen molar-refractivity contribution in [1.82, 2.24) is 4.90 Å². The summed E-state index contributed by atoms with van der Waals surface area (Å²) in [5.74, 6) is 0. The lowest BCUT2D eigenvalue weighted by molar-refractivity contribution is 0.176. The minimum absolute atomic E-state index is 0.406. The molecule has 0 aliphatic carbocycles. The van der Waals surface area contributed by atoms with Crippen molar-refractivity contribution in [1.29, 1.82) is 0 Å². The molecule has 2 N–H and O–H groups in total. The summed E-state index contributed by atoms with van der Waals surface area (Å²) >= 11 is 0. The van der Waals surface area contributed by atoms with Gasteiger partial charge in [-0.3, -0.25) is 0 Å². The van der Waals surface area contributed by atoms with E-state index in [1.807, 2.05) is 0 Å². The van der Waals surface area contributed by atoms with Gasteiger partial charge < -0.3 is 10.6 Å². The molecule has 0 amide bonds. The normalized spacial score (nSPS) is 39.0. The molecule has 1 fully saturated rings. The highest BCUT2D eigenvalue weighted by molar-refractivity contribution is 4.81. The summed E-state index contributed by atoms with van der Waals surface area (Å²) < 4.78 is 0. The molecule has 2 nitrogen and oxygen atoms in total. The maximum absolute atomic E-state index is 5.83. The SMILES string of the molecule is C[C@H]1[C@@H](N)CCCN1C. The molecule has 0 bridgehead atoms. The van der Waals surface area contributed by atoms with E-state index in [9.17, 15) is 0 Å². The molecular weight excluding hydrogens is 112 g/mol. The standard InChI is InChI=1S/C7H16N2/c1-6-7(8)4-3-5-9(6)2/h6-7H,3-5,8H2,1-2H3/t6-,7-/m0/s1. The smallest absolute Gasteiger partial charge is 0.0215 e. The van der Waals surface area contributed by atoms with Gasteiger partial charge in [0.05, 0.1) is 0 Å². The van der Waals surface area contributed by atoms with Crippen molar-refractivity contribution in [3.8, 4) is 0 Å². The van der Waals surface area contributed by atoms with Crippen molar-refractivity contribution in [3.05, 3.63) is 0 Å². The molecular formula is C7H16N2. The van der Waals surface area contributed by atoms with Crippen LogP contribution in [0.1, 0.15) is 19.8 Å². The Labute approximate surface area is 57.0 Å². The third kappa shape index (κ3) is 1.43. The summed E-state index contributed by atoms with van der Waals surface area (Å²) in [5.41, 5.74) is 5.83. The van der Waals surface area contributed by atoms with Crippen LogP contribution in [0.5, 0.6) is 0 Å². The number of likely N-dealkylation sites (tertiary alicyclic amines) is 1. The van der Waals surface area contributed by atoms with Gasteiger partial charge >= 0.3 is 0 Å². The molecule has 0 spiro atoms. The number of nitrogens with zero attached hydrogens (tertiary/aromatic N) is 1. The van der Waals surface area contributed by atoms with Gasteiger partial charge in [0.15, 0.2) is 0 Å². The van der Waals surface area contributed by atoms with Crippen LogP contribution < -0.4 is 5.73 Å². The number of nitrogens with two attached hydrogens (primary N) is 1. The molecule has 0 radical (unpaired) electrons. The van der Waals surface area contributed by atoms with Crippen molar-refractivity contribution in [2.24, 2.45) is 5.73 Å². The van der Waals surface area contributed by atoms with Crippen molar-refractivity contribution >= 4 is 0 Å². The van der Waals surface area contributed by atoms with Gasteiger partial charge in [-0.25, -0.2) is 0 Å². The summed E-state index contributed by atoms with van der Waals surface area (Å²) in [7, 11) is 2.14. The van der Waals surface area contributed by atoms with Crippen LogP contribution in [0, 0.1) is 0 Å². The molecule has 2 atom stereocenters. The first-order valence-electron chi connectivity index (χ1n) is 3.67. The Morgan fingerprint density at radius 3 is 2.67 bits per heavy atom. The van der Waals surface area contributed by atoms with Crippen LogP contribution in [0.2, 0.25) is 0 Å². The molecule has 1 aliphatic rings. The van der Waals surface area contributed by atoms with E-state index in [2.05, 4.69) is 18.9 Å². The summed E-state index contributed by atoms with van der Waals surface area (Å²) in [6, 6.07) is 0.988. The Morgan fingerprint density at radius 1 is 1.56 bits per heavy atom. The predicted octanol–water partition coefficient (Wildman–Crippen LogP) is 0.428. The second kappa shape index (κ2) is 2.67. The average molecular weight is 128 g/mol. The van der Waals surface area contributed by atoms with Crippen molar-refractivity contribution in [3.63, 3.8) is 0 Å². The van der Waals surface area contributed by atoms with Crippen LogP contribution in [-0.2, 0) is 0 Å². The van der Waals surface area contributed by atoms with Crippen LogP contribution in [0.3, 0.4) is 0 Å². The van der Waals surface area contributed by atoms with E-state index in [1.165, 1.54) is 19.4 Å². The molecule has 1 heterocycles. The summed E-state index contributed by atoms with van der Waals surface area (Å²) in [6.07, 6.45) is 2.47. The molecule has 0 aromatic rings. The second-order valence-corrected chi connectivity index (χ2v) is 3.03. The van der Waals surface area contributed by atoms with E-state index in [0.29, 0.717) is 12.1 Å². The lowest BCUT2D eigenvalue weighted by Crippen LogP contribution is -2.48. The van der Waals surface area contributed by atoms with Gasteiger partial charge in [0.2, 0.25) is 0 Å². The summed E-state index contributed by atoms with van der Waals surface area (Å²) in [6.45, 7) is 3.42. The Hall–Kier alpha value is -0.0800. The fourth-order valence-electron chi connectivity index (χ4n) is 1.35. The van der Waals surface area contributed by atoms with Gasteiger partial charge in [-0.2, -0.15) is 0 Å². The minimum atomic E-state index is 0.406. The zero-order chi connectivity index (χ0) is 6.85. The molecule has 0 aromatic carbocycles. The molecule has 0 saturated carbocycles. The van der Waals surface area contributed by atoms with Crippen molar-refractivity contribution < 1.29 is 0 Å². The van der Waals surface area contributed by atoms with Gasteiger partial charge in [0.25, 0.3) is 0 Å². The Kier molecular flexibility index (Phi) is 2.09. The molecule has 0 aromatic heterocycles. The van der Waals surface area contributed by atoms with E-state index in [4.69, 9.17) is 5.73 Å². The van der Waals surface area contributed by atoms with E-state index in [1.54, 1.807) is 0 Å². The molecule has 1 saturated heterocycles. The van der Waals surface area contributed by atoms with E-state index < -0.39 is 0 Å². The molecule has 2 heteroatoms. The quantitative estimate of drug-likeness (QED) is 0.512. The van der Waals surface area contributed by atoms with Gasteiger partial charge in [0.1, 0.15) is 0 Å². The summed E-state index contributed by atoms with van der Waals surface area (Å²) in [5, 5.41) is 0. The monoisotopic (exact) mass is 128 g/mol. The minimum Gasteiger partial charge on any atom is -0.326 e. The number of likely N-dealkylation sites (N-methyl/N-ethyl adjacent to an activating group) is 1. The van der Waals surface area contributed by atoms with Gasteiger partial charge in [-0.15, -0.1) is 0 Å². The van der Waals surface area contributed by atoms with E-state index in [-0.39, 0.29) is 0 Å². The highest BCUT2D eigenvalue weighted by Gasteiger charge is 2.21. The highest BCUT2D eigenvalue weighted by atomic mass is 15.1. The van der Waals surface area contributed by atoms with Crippen LogP contribution >= 0.6 is 0 Å². The highest BCUT2D eigenvalue weighted by Crippen LogP contribution is 2.12. The largest absolute Gasteiger partial charge is 0.326 e. The van der Waals surface area contributed by atoms with Gasteiger partial charge in [0, 0.05) is 12.1 Å². The van der Waals surface area contributed by atoms with E-state index in [0.717, 1.165) is 0 Å². The fraction of sp³-hybridized carbons (Fsp3) is 1.00. The topological polar surface area (TPSA) is 29.3 Å². The van der Waals surface area contributed by atoms with Crippen molar-refractivity contribution in [2.45, 2.75) is 31.8 Å². The Bertz CT molecular complexity index is 82.9. The van der Waals surface area contributed by atoms with Crippen LogP contribution in [-0.4, -0.2) is 30.6 Å². The predicted molar refractivity (Wildman–Crippen MR) is 39.3 cm³/mol. The first-order chi connectivity index (χ1) is 4.22. The van der Waals surface area contributed by atoms with Gasteiger partial charge in [-0.05, 0) is 33.4 Å². The number of hydrogen-bond acceptors (Lipinski definition) is 2. The van der Waals surface area contributed by atoms with Crippen LogP contribution in [0.15, 0.2) is 0 Å². The van der Waals surface area contributed by atoms with Crippen molar-refractivity contribution in [2.75, 3.05) is 13.6 Å². The van der Waals surface area contributed by atoms with Crippen LogP contribution in [0.25, 0.3) is 0 Å². The molecule has 0 unspecified atom stereocenters. The number of piperidine rings is 1. The first-order valence-corrected chi connectivity index (χ1v) is 3.67. The van der Waals surface area contributed by atoms with E-state index >= 15 is 0 Å². The molecule has 1 aliphatic heterocycles. The zero-order valence-corrected chi connectivity index (χ0v) is 6.30. The maximum atomic E-state index is 5.83. The third-order valence-corrected chi connectivity index (χ3v) is 2.36. The Balaban J connectivity index is 2.41. The summed E-state index contributed by atoms with van der Waals surface area (Å²) in [4.78, 5) is 2.33. The molecule has 9 heavy (non-hydrogen) atoms. The van der Waals surface area contributed by atoms with Gasteiger partial charge in [-0.1, -0.05) is 0 Å². The fourth-order valence-corrected chi connectivity index (χ4v) is 1.35. The zero-order valence-electron chi connectivity index (χ0n) is 6.30. The number of rotatable bonds is 0. The maximum Gasteiger partial charge on any atom is 0.0215 e. The molecule has 54 valence electrons. The average Bonchev–Trinajstić information content (AvgIpc) is 1.83. The lowest BCUT2D eigenvalue weighted by atomic mass is 9.99. The van der Waals surface area contributed by atoms with Crippen LogP contribution in [0.4, 0.5) is 0 Å².